The molecule has 0 N–H and O–H groups in total. The first-order valence-electron chi connectivity index (χ1n) is 13.1. The number of esters is 1. The number of nitrogens with zero attached hydrogens (tertiary/aromatic N) is 2. The van der Waals surface area contributed by atoms with Gasteiger partial charge in [-0.1, -0.05) is 6.07 Å². The minimum Gasteiger partial charge on any atom is -0.875 e. The summed E-state index contributed by atoms with van der Waals surface area (Å²) < 4.78 is 44.0. The van der Waals surface area contributed by atoms with Gasteiger partial charge in [-0.15, -0.1) is 5.76 Å². The first kappa shape index (κ1) is 42.9. The minimum absolute atomic E-state index is 0. The molecular formula is C29H29ClN2O14S2. The molecule has 0 aliphatic heterocycles. The standard InChI is InChI=1S/C14H13NO5.C8H6ClNO5S.C6H8O2.CH3.O2S/c1-9-5-6-12(13(7-9)15(18)19)14(17)20-11-4-2-3-10(16)8-11;1-16(14,15)5-2-3-6(8(9)11)7(4-5)10(12)13;7-5-2-1-3-6(8)4-5;;1-3-2/h5-8H,2-4H2,1H3;2-4H,1H3;4,7H,1-3H2;1H3;/q;;;+1;/p-1. The lowest BCUT2D eigenvalue weighted by Gasteiger charge is -2.14. The predicted molar refractivity (Wildman–Crippen MR) is 169 cm³/mol. The van der Waals surface area contributed by atoms with Gasteiger partial charge in [0.25, 0.3) is 16.6 Å². The Morgan fingerprint density at radius 1 is 0.854 bits per heavy atom. The van der Waals surface area contributed by atoms with Crippen LogP contribution in [0.2, 0.25) is 0 Å². The number of carbonyl (C=O) groups excluding carboxylic acids is 4. The zero-order valence-corrected chi connectivity index (χ0v) is 28.1. The van der Waals surface area contributed by atoms with Crippen molar-refractivity contribution in [2.45, 2.75) is 50.3 Å². The smallest absolute Gasteiger partial charge is 0.350 e. The van der Waals surface area contributed by atoms with Gasteiger partial charge in [0.2, 0.25) is 0 Å². The Hall–Kier alpha value is -5.07. The molecule has 0 fully saturated rings. The average molecular weight is 729 g/mol. The first-order valence-corrected chi connectivity index (χ1v) is 16.1. The van der Waals surface area contributed by atoms with Gasteiger partial charge in [-0.25, -0.2) is 13.2 Å². The highest BCUT2D eigenvalue weighted by Crippen LogP contribution is 2.25. The Kier molecular flexibility index (Phi) is 18.1. The van der Waals surface area contributed by atoms with Crippen LogP contribution in [0, 0.1) is 34.6 Å². The molecule has 0 amide bonds. The molecule has 4 rings (SSSR count). The summed E-state index contributed by atoms with van der Waals surface area (Å²) in [4.78, 5) is 64.3. The van der Waals surface area contributed by atoms with Crippen molar-refractivity contribution in [2.24, 2.45) is 0 Å². The zero-order valence-electron chi connectivity index (χ0n) is 25.7. The molecule has 0 saturated carbocycles. The monoisotopic (exact) mass is 728 g/mol. The van der Waals surface area contributed by atoms with E-state index in [4.69, 9.17) is 24.8 Å². The summed E-state index contributed by atoms with van der Waals surface area (Å²) in [6.45, 7) is 1.70. The summed E-state index contributed by atoms with van der Waals surface area (Å²) in [5.41, 5.74) is -0.681. The van der Waals surface area contributed by atoms with Gasteiger partial charge in [0, 0.05) is 51.2 Å². The molecule has 0 radical (unpaired) electrons. The van der Waals surface area contributed by atoms with Crippen molar-refractivity contribution >= 4 is 67.2 Å². The third kappa shape index (κ3) is 14.6. The molecule has 2 aromatic carbocycles. The number of sulfone groups is 1. The summed E-state index contributed by atoms with van der Waals surface area (Å²) in [5, 5.41) is 30.9. The second-order valence-electron chi connectivity index (χ2n) is 9.58. The van der Waals surface area contributed by atoms with E-state index in [1.165, 1.54) is 24.3 Å². The number of carbonyl (C=O) groups is 4. The topological polar surface area (TPSA) is 255 Å². The van der Waals surface area contributed by atoms with E-state index in [-0.39, 0.29) is 52.2 Å². The molecule has 0 saturated heterocycles. The third-order valence-corrected chi connectivity index (χ3v) is 7.25. The maximum absolute atomic E-state index is 12.0. The van der Waals surface area contributed by atoms with Crippen molar-refractivity contribution in [3.05, 3.63) is 104 Å². The van der Waals surface area contributed by atoms with Crippen LogP contribution in [0.4, 0.5) is 11.4 Å². The fourth-order valence-electron chi connectivity index (χ4n) is 3.80. The van der Waals surface area contributed by atoms with Crippen LogP contribution in [-0.4, -0.2) is 55.7 Å². The highest BCUT2D eigenvalue weighted by Gasteiger charge is 2.24. The average Bonchev–Trinajstić information content (AvgIpc) is 2.97. The number of halogens is 1. The maximum Gasteiger partial charge on any atom is 0.350 e. The van der Waals surface area contributed by atoms with Crippen LogP contribution in [0.1, 0.15) is 64.8 Å². The Labute approximate surface area is 283 Å². The maximum atomic E-state index is 12.0. The summed E-state index contributed by atoms with van der Waals surface area (Å²) in [7, 11) is -3.56. The Morgan fingerprint density at radius 2 is 1.35 bits per heavy atom. The van der Waals surface area contributed by atoms with Gasteiger partial charge in [0.1, 0.15) is 16.9 Å². The van der Waals surface area contributed by atoms with Gasteiger partial charge in [0.15, 0.2) is 21.4 Å². The second kappa shape index (κ2) is 20.2. The van der Waals surface area contributed by atoms with Crippen molar-refractivity contribution in [3.8, 4) is 0 Å². The van der Waals surface area contributed by atoms with Gasteiger partial charge in [0.05, 0.1) is 14.7 Å². The van der Waals surface area contributed by atoms with E-state index in [1.54, 1.807) is 13.0 Å². The number of ether oxygens (including phenoxy) is 1. The van der Waals surface area contributed by atoms with Crippen LogP contribution >= 0.6 is 11.6 Å². The number of nitro groups is 2. The fourth-order valence-corrected chi connectivity index (χ4v) is 4.60. The lowest BCUT2D eigenvalue weighted by Crippen LogP contribution is -2.12. The number of benzene rings is 2. The van der Waals surface area contributed by atoms with Crippen molar-refractivity contribution in [1.29, 1.82) is 0 Å². The van der Waals surface area contributed by atoms with E-state index in [0.717, 1.165) is 30.9 Å². The Balaban J connectivity index is 0.000000702. The largest absolute Gasteiger partial charge is 0.875 e. The van der Waals surface area contributed by atoms with E-state index in [2.05, 4.69) is 0 Å². The second-order valence-corrected chi connectivity index (χ2v) is 12.1. The van der Waals surface area contributed by atoms with Crippen LogP contribution in [0.5, 0.6) is 0 Å². The molecule has 48 heavy (non-hydrogen) atoms. The van der Waals surface area contributed by atoms with Crippen LogP contribution < -0.4 is 5.11 Å². The lowest BCUT2D eigenvalue weighted by atomic mass is 10.1. The molecule has 0 spiro atoms. The molecular weight excluding hydrogens is 700 g/mol. The van der Waals surface area contributed by atoms with Gasteiger partial charge in [-0.3, -0.25) is 34.6 Å². The van der Waals surface area contributed by atoms with Crippen molar-refractivity contribution < 1.29 is 55.7 Å². The molecule has 2 aliphatic carbocycles. The number of nitro benzene ring substituents is 2. The molecule has 258 valence electrons. The predicted octanol–water partition coefficient (Wildman–Crippen LogP) is 3.84. The van der Waals surface area contributed by atoms with Crippen LogP contribution in [0.3, 0.4) is 0 Å². The fraction of sp³-hybridized carbons (Fsp3) is 0.276. The molecule has 19 heteroatoms. The molecule has 0 atom stereocenters. The number of ketones is 2. The SMILES string of the molecule is CS(=O)(=O)c1ccc(C(=O)Cl)c([N+](=O)[O-])c1.Cc1ccc(C(=O)OC2=CC(=O)CCC2)c([N+](=O)[O-])c1.O=C1C=C([O-])CCC1.O=S=O.[CH3+]. The van der Waals surface area contributed by atoms with Crippen LogP contribution in [0.25, 0.3) is 0 Å². The molecule has 0 aromatic heterocycles. The van der Waals surface area contributed by atoms with Gasteiger partial charge < -0.3 is 9.84 Å². The van der Waals surface area contributed by atoms with Crippen molar-refractivity contribution in [2.75, 3.05) is 6.26 Å². The molecule has 16 nitrogen and oxygen atoms in total. The number of allylic oxidation sites excluding steroid dienone is 4. The highest BCUT2D eigenvalue weighted by atomic mass is 35.5. The van der Waals surface area contributed by atoms with E-state index in [0.29, 0.717) is 37.7 Å². The first-order chi connectivity index (χ1) is 21.9. The Bertz CT molecular complexity index is 1780. The zero-order chi connectivity index (χ0) is 35.9. The van der Waals surface area contributed by atoms with E-state index in [1.807, 2.05) is 0 Å². The number of rotatable bonds is 6. The highest BCUT2D eigenvalue weighted by molar-refractivity contribution is 7.90. The van der Waals surface area contributed by atoms with Crippen molar-refractivity contribution in [1.82, 2.24) is 0 Å². The number of hydrogen-bond donors (Lipinski definition) is 0. The van der Waals surface area contributed by atoms with E-state index >= 15 is 0 Å². The Morgan fingerprint density at radius 3 is 1.79 bits per heavy atom. The van der Waals surface area contributed by atoms with E-state index < -0.39 is 48.2 Å². The summed E-state index contributed by atoms with van der Waals surface area (Å²) in [6, 6.07) is 7.20. The molecule has 0 unspecified atom stereocenters. The normalized spacial score (nSPS) is 13.5. The van der Waals surface area contributed by atoms with Crippen LogP contribution in [-0.2, 0) is 35.7 Å². The van der Waals surface area contributed by atoms with Crippen LogP contribution in [0.15, 0.2) is 65.0 Å². The minimum atomic E-state index is -3.56. The lowest BCUT2D eigenvalue weighted by molar-refractivity contribution is -0.385. The molecule has 0 heterocycles. The number of aryl methyl sites for hydroxylation is 1. The molecule has 2 aliphatic rings. The van der Waals surface area contributed by atoms with Gasteiger partial charge in [-0.05, 0) is 67.6 Å². The van der Waals surface area contributed by atoms with Gasteiger partial charge in [-0.2, -0.15) is 8.42 Å². The summed E-state index contributed by atoms with van der Waals surface area (Å²) in [5.74, 6) is -0.668. The van der Waals surface area contributed by atoms with Gasteiger partial charge >= 0.3 is 17.5 Å². The van der Waals surface area contributed by atoms with Crippen molar-refractivity contribution in [3.63, 3.8) is 0 Å². The summed E-state index contributed by atoms with van der Waals surface area (Å²) >= 11 is 4.38. The molecule has 0 bridgehead atoms. The quantitative estimate of drug-likeness (QED) is 0.135. The molecule has 2 aromatic rings. The van der Waals surface area contributed by atoms with E-state index in [9.17, 15) is 52.9 Å². The number of hydrogen-bond acceptors (Lipinski definition) is 14. The third-order valence-electron chi connectivity index (χ3n) is 5.94. The summed E-state index contributed by atoms with van der Waals surface area (Å²) in [6.07, 6.45) is 6.79.